The molecule has 3 rings (SSSR count). The maximum Gasteiger partial charge on any atom is 0.308 e. The lowest BCUT2D eigenvalue weighted by atomic mass is 9.89. The van der Waals surface area contributed by atoms with Crippen LogP contribution in [-0.2, 0) is 4.79 Å². The number of carboxylic acid groups (broad SMARTS) is 1. The summed E-state index contributed by atoms with van der Waals surface area (Å²) in [6.07, 6.45) is 0. The molecule has 2 aromatic rings. The van der Waals surface area contributed by atoms with Crippen LogP contribution in [0, 0.1) is 17.6 Å². The number of benzene rings is 2. The zero-order chi connectivity index (χ0) is 18.8. The quantitative estimate of drug-likeness (QED) is 0.909. The third kappa shape index (κ3) is 3.24. The Morgan fingerprint density at radius 2 is 1.73 bits per heavy atom. The number of rotatable bonds is 4. The van der Waals surface area contributed by atoms with Crippen LogP contribution in [0.1, 0.15) is 21.8 Å². The molecule has 26 heavy (non-hydrogen) atoms. The number of carbonyl (C=O) groups excluding carboxylic acids is 1. The molecule has 1 amide bonds. The van der Waals surface area contributed by atoms with Crippen LogP contribution in [0.4, 0.5) is 8.78 Å². The topological polar surface area (TPSA) is 66.8 Å². The Labute approximate surface area is 148 Å². The largest absolute Gasteiger partial charge is 0.497 e. The number of hydrogen-bond donors (Lipinski definition) is 1. The number of likely N-dealkylation sites (tertiary alicyclic amines) is 1. The van der Waals surface area contributed by atoms with Crippen molar-refractivity contribution in [2.24, 2.45) is 5.92 Å². The third-order valence-corrected chi connectivity index (χ3v) is 4.62. The third-order valence-electron chi connectivity index (χ3n) is 4.62. The molecule has 0 bridgehead atoms. The lowest BCUT2D eigenvalue weighted by molar-refractivity contribution is -0.141. The van der Waals surface area contributed by atoms with E-state index in [1.54, 1.807) is 30.3 Å². The van der Waals surface area contributed by atoms with Crippen molar-refractivity contribution in [3.63, 3.8) is 0 Å². The molecule has 2 aromatic carbocycles. The number of halogens is 2. The van der Waals surface area contributed by atoms with Crippen LogP contribution >= 0.6 is 0 Å². The zero-order valence-electron chi connectivity index (χ0n) is 14.0. The summed E-state index contributed by atoms with van der Waals surface area (Å²) in [5.74, 6) is -5.32. The van der Waals surface area contributed by atoms with Gasteiger partial charge in [-0.25, -0.2) is 8.78 Å². The van der Waals surface area contributed by atoms with Gasteiger partial charge in [0.2, 0.25) is 0 Å². The normalized spacial score (nSPS) is 19.4. The van der Waals surface area contributed by atoms with Crippen LogP contribution in [0.15, 0.2) is 42.5 Å². The van der Waals surface area contributed by atoms with Gasteiger partial charge in [0.05, 0.1) is 13.0 Å². The highest BCUT2D eigenvalue weighted by Crippen LogP contribution is 2.34. The molecule has 1 saturated heterocycles. The van der Waals surface area contributed by atoms with Crippen LogP contribution < -0.4 is 4.74 Å². The Morgan fingerprint density at radius 1 is 1.12 bits per heavy atom. The Morgan fingerprint density at radius 3 is 2.27 bits per heavy atom. The standard InChI is InChI=1S/C19H17F2NO4/c1-26-12-7-15(20)17(16(21)8-12)18(23)22-9-13(14(10-22)19(24)25)11-5-3-2-4-6-11/h2-8,13-14H,9-10H2,1H3,(H,24,25)/t13-,14+/m1/s1. The summed E-state index contributed by atoms with van der Waals surface area (Å²) in [5.41, 5.74) is 0.0644. The summed E-state index contributed by atoms with van der Waals surface area (Å²) < 4.78 is 33.2. The number of amides is 1. The smallest absolute Gasteiger partial charge is 0.308 e. The van der Waals surface area contributed by atoms with E-state index < -0.39 is 40.9 Å². The van der Waals surface area contributed by atoms with E-state index in [1.165, 1.54) is 12.0 Å². The molecule has 0 unspecified atom stereocenters. The van der Waals surface area contributed by atoms with Crippen molar-refractivity contribution in [1.29, 1.82) is 0 Å². The van der Waals surface area contributed by atoms with Crippen molar-refractivity contribution < 1.29 is 28.2 Å². The molecule has 1 heterocycles. The van der Waals surface area contributed by atoms with Gasteiger partial charge in [0.25, 0.3) is 5.91 Å². The van der Waals surface area contributed by atoms with Gasteiger partial charge in [0, 0.05) is 31.1 Å². The molecule has 1 aliphatic heterocycles. The predicted molar refractivity (Wildman–Crippen MR) is 89.1 cm³/mol. The van der Waals surface area contributed by atoms with E-state index in [4.69, 9.17) is 4.74 Å². The molecule has 1 N–H and O–H groups in total. The minimum absolute atomic E-state index is 0.0384. The number of nitrogens with zero attached hydrogens (tertiary/aromatic N) is 1. The van der Waals surface area contributed by atoms with E-state index in [1.807, 2.05) is 0 Å². The van der Waals surface area contributed by atoms with E-state index >= 15 is 0 Å². The average Bonchev–Trinajstić information content (AvgIpc) is 3.07. The maximum absolute atomic E-state index is 14.2. The number of hydrogen-bond acceptors (Lipinski definition) is 3. The van der Waals surface area contributed by atoms with Gasteiger partial charge in [-0.2, -0.15) is 0 Å². The van der Waals surface area contributed by atoms with Crippen molar-refractivity contribution in [3.8, 4) is 5.75 Å². The van der Waals surface area contributed by atoms with Crippen LogP contribution in [0.5, 0.6) is 5.75 Å². The molecule has 7 heteroatoms. The minimum atomic E-state index is -1.05. The molecule has 5 nitrogen and oxygen atoms in total. The first-order valence-corrected chi connectivity index (χ1v) is 8.02. The molecule has 0 aromatic heterocycles. The summed E-state index contributed by atoms with van der Waals surface area (Å²) in [4.78, 5) is 25.4. The Hall–Kier alpha value is -2.96. The van der Waals surface area contributed by atoms with E-state index in [-0.39, 0.29) is 18.8 Å². The minimum Gasteiger partial charge on any atom is -0.497 e. The van der Waals surface area contributed by atoms with Crippen molar-refractivity contribution in [3.05, 3.63) is 65.2 Å². The highest BCUT2D eigenvalue weighted by Gasteiger charge is 2.41. The maximum atomic E-state index is 14.2. The number of ether oxygens (including phenoxy) is 1. The Balaban J connectivity index is 1.91. The highest BCUT2D eigenvalue weighted by molar-refractivity contribution is 5.95. The number of carbonyl (C=O) groups is 2. The van der Waals surface area contributed by atoms with Gasteiger partial charge >= 0.3 is 5.97 Å². The molecule has 2 atom stereocenters. The second-order valence-corrected chi connectivity index (χ2v) is 6.14. The van der Waals surface area contributed by atoms with Crippen molar-refractivity contribution >= 4 is 11.9 Å². The zero-order valence-corrected chi connectivity index (χ0v) is 14.0. The van der Waals surface area contributed by atoms with Crippen molar-refractivity contribution in [1.82, 2.24) is 4.90 Å². The molecular formula is C19H17F2NO4. The molecular weight excluding hydrogens is 344 g/mol. The number of methoxy groups -OCH3 is 1. The highest BCUT2D eigenvalue weighted by atomic mass is 19.1. The summed E-state index contributed by atoms with van der Waals surface area (Å²) in [7, 11) is 1.26. The van der Waals surface area contributed by atoms with Crippen LogP contribution in [0.3, 0.4) is 0 Å². The van der Waals surface area contributed by atoms with Gasteiger partial charge in [-0.1, -0.05) is 30.3 Å². The number of carboxylic acids is 1. The van der Waals surface area contributed by atoms with E-state index in [0.29, 0.717) is 0 Å². The van der Waals surface area contributed by atoms with Crippen LogP contribution in [-0.4, -0.2) is 42.1 Å². The Kier molecular flexibility index (Phi) is 4.88. The second-order valence-electron chi connectivity index (χ2n) is 6.14. The SMILES string of the molecule is COc1cc(F)c(C(=O)N2C[C@H](C(=O)O)[C@@H](c3ccccc3)C2)c(F)c1. The fourth-order valence-corrected chi connectivity index (χ4v) is 3.29. The number of aliphatic carboxylic acids is 1. The Bertz CT molecular complexity index is 818. The molecule has 136 valence electrons. The first-order valence-electron chi connectivity index (χ1n) is 8.02. The average molecular weight is 361 g/mol. The van der Waals surface area contributed by atoms with Gasteiger partial charge in [-0.05, 0) is 5.56 Å². The van der Waals surface area contributed by atoms with Crippen molar-refractivity contribution in [2.45, 2.75) is 5.92 Å². The summed E-state index contributed by atoms with van der Waals surface area (Å²) >= 11 is 0. The van der Waals surface area contributed by atoms with E-state index in [9.17, 15) is 23.5 Å². The van der Waals surface area contributed by atoms with Crippen LogP contribution in [0.2, 0.25) is 0 Å². The summed E-state index contributed by atoms with van der Waals surface area (Å²) in [5, 5.41) is 9.49. The van der Waals surface area contributed by atoms with Crippen LogP contribution in [0.25, 0.3) is 0 Å². The van der Waals surface area contributed by atoms with Gasteiger partial charge in [0.1, 0.15) is 22.9 Å². The summed E-state index contributed by atoms with van der Waals surface area (Å²) in [6, 6.07) is 10.8. The molecule has 0 saturated carbocycles. The van der Waals surface area contributed by atoms with E-state index in [0.717, 1.165) is 17.7 Å². The predicted octanol–water partition coefficient (Wildman–Crippen LogP) is 2.91. The fraction of sp³-hybridized carbons (Fsp3) is 0.263. The fourth-order valence-electron chi connectivity index (χ4n) is 3.29. The first kappa shape index (κ1) is 17.8. The molecule has 1 fully saturated rings. The molecule has 0 spiro atoms. The summed E-state index contributed by atoms with van der Waals surface area (Å²) in [6.45, 7) is -0.0383. The van der Waals surface area contributed by atoms with E-state index in [2.05, 4.69) is 0 Å². The van der Waals surface area contributed by atoms with Crippen molar-refractivity contribution in [2.75, 3.05) is 20.2 Å². The van der Waals surface area contributed by atoms with Gasteiger partial charge in [-0.3, -0.25) is 9.59 Å². The van der Waals surface area contributed by atoms with Gasteiger partial charge in [-0.15, -0.1) is 0 Å². The molecule has 0 radical (unpaired) electrons. The first-order chi connectivity index (χ1) is 12.4. The molecule has 1 aliphatic rings. The molecule has 0 aliphatic carbocycles. The van der Waals surface area contributed by atoms with Gasteiger partial charge < -0.3 is 14.7 Å². The lowest BCUT2D eigenvalue weighted by Gasteiger charge is -2.17. The second kappa shape index (κ2) is 7.11. The van der Waals surface area contributed by atoms with Gasteiger partial charge in [0.15, 0.2) is 0 Å². The lowest BCUT2D eigenvalue weighted by Crippen LogP contribution is -2.31. The monoisotopic (exact) mass is 361 g/mol.